The lowest BCUT2D eigenvalue weighted by atomic mass is 10.1. The van der Waals surface area contributed by atoms with Gasteiger partial charge in [0.15, 0.2) is 0 Å². The van der Waals surface area contributed by atoms with E-state index < -0.39 is 18.0 Å². The van der Waals surface area contributed by atoms with Crippen LogP contribution in [0.4, 0.5) is 0 Å². The highest BCUT2D eigenvalue weighted by molar-refractivity contribution is 5.75. The molecule has 0 bridgehead atoms. The Kier molecular flexibility index (Phi) is 4.93. The molecule has 0 aromatic rings. The van der Waals surface area contributed by atoms with Crippen LogP contribution in [0.3, 0.4) is 0 Å². The maximum absolute atomic E-state index is 10.6. The van der Waals surface area contributed by atoms with Crippen LogP contribution in [0.15, 0.2) is 0 Å². The minimum Gasteiger partial charge on any atom is -0.481 e. The van der Waals surface area contributed by atoms with Gasteiger partial charge in [0.2, 0.25) is 0 Å². The summed E-state index contributed by atoms with van der Waals surface area (Å²) in [6, 6.07) is -0.822. The van der Waals surface area contributed by atoms with E-state index in [1.54, 1.807) is 0 Å². The van der Waals surface area contributed by atoms with Gasteiger partial charge in [-0.15, -0.1) is 0 Å². The Morgan fingerprint density at radius 1 is 1.54 bits per heavy atom. The fourth-order valence-electron chi connectivity index (χ4n) is 0.857. The van der Waals surface area contributed by atoms with Crippen LogP contribution in [-0.2, 0) is 9.59 Å². The van der Waals surface area contributed by atoms with E-state index >= 15 is 0 Å². The SMILES string of the molecule is [2H]CCCN[C@@H](CCC(=O)O)C(=O)O. The molecule has 13 heavy (non-hydrogen) atoms. The number of hydrogen-bond donors (Lipinski definition) is 3. The molecule has 0 fully saturated rings. The van der Waals surface area contributed by atoms with Crippen molar-refractivity contribution in [2.75, 3.05) is 6.54 Å². The number of carbonyl (C=O) groups is 2. The molecule has 0 saturated carbocycles. The molecule has 3 N–H and O–H groups in total. The maximum Gasteiger partial charge on any atom is 0.320 e. The number of carboxylic acids is 2. The van der Waals surface area contributed by atoms with E-state index in [-0.39, 0.29) is 19.7 Å². The largest absolute Gasteiger partial charge is 0.481 e. The molecule has 0 aromatic heterocycles. The third-order valence-electron chi connectivity index (χ3n) is 1.51. The summed E-state index contributed by atoms with van der Waals surface area (Å²) in [6.07, 6.45) is 0.477. The molecule has 0 radical (unpaired) electrons. The molecule has 0 rings (SSSR count). The van der Waals surface area contributed by atoms with E-state index in [2.05, 4.69) is 5.32 Å². The van der Waals surface area contributed by atoms with Crippen LogP contribution in [0.1, 0.15) is 27.5 Å². The Morgan fingerprint density at radius 3 is 2.69 bits per heavy atom. The van der Waals surface area contributed by atoms with Crippen LogP contribution in [0.2, 0.25) is 0 Å². The van der Waals surface area contributed by atoms with Crippen molar-refractivity contribution in [3.8, 4) is 0 Å². The quantitative estimate of drug-likeness (QED) is 0.503. The third kappa shape index (κ3) is 6.10. The van der Waals surface area contributed by atoms with Gasteiger partial charge in [0.05, 0.1) is 0 Å². The van der Waals surface area contributed by atoms with Gasteiger partial charge in [-0.2, -0.15) is 0 Å². The number of aliphatic carboxylic acids is 2. The molecule has 0 spiro atoms. The van der Waals surface area contributed by atoms with Crippen molar-refractivity contribution in [3.63, 3.8) is 0 Å². The summed E-state index contributed by atoms with van der Waals surface area (Å²) >= 11 is 0. The lowest BCUT2D eigenvalue weighted by Gasteiger charge is -2.11. The normalized spacial score (nSPS) is 13.4. The van der Waals surface area contributed by atoms with E-state index in [0.29, 0.717) is 13.0 Å². The Bertz CT molecular complexity index is 198. The first-order valence-electron chi connectivity index (χ1n) is 4.76. The first-order valence-corrected chi connectivity index (χ1v) is 4.05. The zero-order valence-electron chi connectivity index (χ0n) is 8.32. The second-order valence-corrected chi connectivity index (χ2v) is 2.63. The molecule has 5 heteroatoms. The molecule has 0 heterocycles. The van der Waals surface area contributed by atoms with Crippen LogP contribution < -0.4 is 5.32 Å². The highest BCUT2D eigenvalue weighted by Crippen LogP contribution is 1.97. The number of carboxylic acid groups (broad SMARTS) is 2. The van der Waals surface area contributed by atoms with Crippen molar-refractivity contribution in [2.24, 2.45) is 0 Å². The van der Waals surface area contributed by atoms with E-state index in [4.69, 9.17) is 11.6 Å². The second-order valence-electron chi connectivity index (χ2n) is 2.63. The fraction of sp³-hybridized carbons (Fsp3) is 0.750. The summed E-state index contributed by atoms with van der Waals surface area (Å²) in [6.45, 7) is 0.665. The lowest BCUT2D eigenvalue weighted by Crippen LogP contribution is -2.37. The zero-order valence-corrected chi connectivity index (χ0v) is 7.32. The summed E-state index contributed by atoms with van der Waals surface area (Å²) in [5.74, 6) is -2.05. The van der Waals surface area contributed by atoms with Gasteiger partial charge in [-0.05, 0) is 19.4 Å². The predicted octanol–water partition coefficient (Wildman–Crippen LogP) is 0.304. The van der Waals surface area contributed by atoms with Gasteiger partial charge in [0.25, 0.3) is 0 Å². The van der Waals surface area contributed by atoms with Gasteiger partial charge >= 0.3 is 11.9 Å². The van der Waals surface area contributed by atoms with Crippen molar-refractivity contribution >= 4 is 11.9 Å². The van der Waals surface area contributed by atoms with Gasteiger partial charge in [0, 0.05) is 7.79 Å². The molecule has 0 saturated heterocycles. The molecule has 0 aliphatic heterocycles. The van der Waals surface area contributed by atoms with Gasteiger partial charge in [-0.3, -0.25) is 9.59 Å². The molecule has 0 aliphatic rings. The van der Waals surface area contributed by atoms with Gasteiger partial charge in [-0.1, -0.05) is 6.90 Å². The molecule has 0 amide bonds. The van der Waals surface area contributed by atoms with Crippen LogP contribution in [-0.4, -0.2) is 34.7 Å². The molecule has 1 atom stereocenters. The Hall–Kier alpha value is -1.10. The average molecular weight is 190 g/mol. The fourth-order valence-corrected chi connectivity index (χ4v) is 0.857. The minimum absolute atomic E-state index is 0.0721. The first kappa shape index (κ1) is 9.98. The molecule has 0 aliphatic carbocycles. The van der Waals surface area contributed by atoms with Crippen molar-refractivity contribution in [2.45, 2.75) is 32.2 Å². The van der Waals surface area contributed by atoms with Crippen molar-refractivity contribution in [1.82, 2.24) is 5.32 Å². The topological polar surface area (TPSA) is 86.6 Å². The van der Waals surface area contributed by atoms with Crippen LogP contribution in [0.5, 0.6) is 0 Å². The van der Waals surface area contributed by atoms with Crippen molar-refractivity contribution < 1.29 is 21.2 Å². The van der Waals surface area contributed by atoms with E-state index in [9.17, 15) is 9.59 Å². The zero-order chi connectivity index (χ0) is 11.0. The summed E-state index contributed by atoms with van der Waals surface area (Å²) < 4.78 is 6.84. The minimum atomic E-state index is -1.05. The molecular weight excluding hydrogens is 174 g/mol. The first-order chi connectivity index (χ1) is 6.57. The smallest absolute Gasteiger partial charge is 0.320 e. The molecule has 0 aromatic carbocycles. The standard InChI is InChI=1S/C8H15NO4/c1-2-5-9-6(8(12)13)3-4-7(10)11/h6,9H,2-5H2,1H3,(H,10,11)(H,12,13)/t6-/m0/s1/i1D. The number of nitrogens with one attached hydrogen (secondary N) is 1. The van der Waals surface area contributed by atoms with E-state index in [1.807, 2.05) is 0 Å². The lowest BCUT2D eigenvalue weighted by molar-refractivity contribution is -0.140. The average Bonchev–Trinajstić information content (AvgIpc) is 2.10. The summed E-state index contributed by atoms with van der Waals surface area (Å²) in [4.78, 5) is 20.8. The monoisotopic (exact) mass is 190 g/mol. The third-order valence-corrected chi connectivity index (χ3v) is 1.51. The van der Waals surface area contributed by atoms with Crippen molar-refractivity contribution in [1.29, 1.82) is 0 Å². The Labute approximate surface area is 78.2 Å². The summed E-state index contributed by atoms with van der Waals surface area (Å²) in [5.41, 5.74) is 0. The van der Waals surface area contributed by atoms with Crippen LogP contribution >= 0.6 is 0 Å². The van der Waals surface area contributed by atoms with Crippen LogP contribution in [0.25, 0.3) is 0 Å². The number of hydrogen-bond acceptors (Lipinski definition) is 3. The molecular formula is C8H15NO4. The van der Waals surface area contributed by atoms with E-state index in [0.717, 1.165) is 0 Å². The van der Waals surface area contributed by atoms with Gasteiger partial charge in [0.1, 0.15) is 6.04 Å². The predicted molar refractivity (Wildman–Crippen MR) is 46.6 cm³/mol. The van der Waals surface area contributed by atoms with Crippen molar-refractivity contribution in [3.05, 3.63) is 0 Å². The van der Waals surface area contributed by atoms with Gasteiger partial charge in [-0.25, -0.2) is 0 Å². The molecule has 0 unspecified atom stereocenters. The Morgan fingerprint density at radius 2 is 2.23 bits per heavy atom. The highest BCUT2D eigenvalue weighted by atomic mass is 16.4. The molecule has 5 nitrogen and oxygen atoms in total. The summed E-state index contributed by atoms with van der Waals surface area (Å²) in [5, 5.41) is 19.7. The molecule has 76 valence electrons. The maximum atomic E-state index is 10.6. The second kappa shape index (κ2) is 6.42. The van der Waals surface area contributed by atoms with E-state index in [1.165, 1.54) is 0 Å². The van der Waals surface area contributed by atoms with Crippen LogP contribution in [0, 0.1) is 0 Å². The Balaban J connectivity index is 3.78. The highest BCUT2D eigenvalue weighted by Gasteiger charge is 2.16. The number of rotatable bonds is 7. The summed E-state index contributed by atoms with van der Waals surface area (Å²) in [7, 11) is 0. The van der Waals surface area contributed by atoms with Gasteiger partial charge < -0.3 is 15.5 Å².